The van der Waals surface area contributed by atoms with Gasteiger partial charge in [-0.25, -0.2) is 4.39 Å². The van der Waals surface area contributed by atoms with Crippen LogP contribution in [0.2, 0.25) is 5.02 Å². The van der Waals surface area contributed by atoms with E-state index in [9.17, 15) is 24.1 Å². The monoisotopic (exact) mass is 562 g/mol. The number of rotatable bonds is 6. The molecule has 0 spiro atoms. The van der Waals surface area contributed by atoms with Crippen LogP contribution in [0.3, 0.4) is 0 Å². The Morgan fingerprint density at radius 3 is 2.24 bits per heavy atom. The van der Waals surface area contributed by atoms with Crippen molar-refractivity contribution in [3.63, 3.8) is 0 Å². The zero-order valence-corrected chi connectivity index (χ0v) is 21.8. The summed E-state index contributed by atoms with van der Waals surface area (Å²) in [6.45, 7) is 4.01. The van der Waals surface area contributed by atoms with E-state index >= 15 is 0 Å². The lowest BCUT2D eigenvalue weighted by Gasteiger charge is -2.33. The Morgan fingerprint density at radius 1 is 1.00 bits per heavy atom. The number of thioether (sulfide) groups is 1. The molecule has 5 rings (SSSR count). The zero-order valence-electron chi connectivity index (χ0n) is 20.2. The lowest BCUT2D eigenvalue weighted by molar-refractivity contribution is -0.384. The molecule has 2 aromatic carbocycles. The van der Waals surface area contributed by atoms with Gasteiger partial charge in [0.1, 0.15) is 11.5 Å². The molecule has 0 bridgehead atoms. The first-order valence-electron chi connectivity index (χ1n) is 12.0. The van der Waals surface area contributed by atoms with Gasteiger partial charge in [0.15, 0.2) is 0 Å². The number of nitrogens with zero attached hydrogens (tertiary/aromatic N) is 4. The van der Waals surface area contributed by atoms with Gasteiger partial charge in [0.05, 0.1) is 42.8 Å². The van der Waals surface area contributed by atoms with Crippen LogP contribution < -0.4 is 9.80 Å². The van der Waals surface area contributed by atoms with Crippen LogP contribution in [0.15, 0.2) is 35.2 Å². The molecule has 0 N–H and O–H groups in total. The maximum absolute atomic E-state index is 13.4. The number of hydrogen-bond donors (Lipinski definition) is 0. The van der Waals surface area contributed by atoms with Crippen molar-refractivity contribution < 1.29 is 28.4 Å². The number of benzene rings is 2. The van der Waals surface area contributed by atoms with E-state index in [1.165, 1.54) is 24.3 Å². The van der Waals surface area contributed by atoms with Crippen LogP contribution in [0.25, 0.3) is 6.08 Å². The lowest BCUT2D eigenvalue weighted by atomic mass is 10.1. The Kier molecular flexibility index (Phi) is 7.84. The second-order valence-electron chi connectivity index (χ2n) is 8.86. The summed E-state index contributed by atoms with van der Waals surface area (Å²) in [5.74, 6) is -1.07. The summed E-state index contributed by atoms with van der Waals surface area (Å²) in [7, 11) is 0. The molecule has 0 radical (unpaired) electrons. The molecule has 0 atom stereocenters. The fourth-order valence-corrected chi connectivity index (χ4v) is 5.63. The van der Waals surface area contributed by atoms with Crippen LogP contribution in [0.1, 0.15) is 11.1 Å². The molecule has 0 unspecified atom stereocenters. The quantitative estimate of drug-likeness (QED) is 0.289. The number of carbonyl (C=O) groups excluding carboxylic acids is 2. The summed E-state index contributed by atoms with van der Waals surface area (Å²) in [5, 5.41) is 11.7. The first kappa shape index (κ1) is 26.4. The van der Waals surface area contributed by atoms with E-state index in [0.717, 1.165) is 22.7 Å². The van der Waals surface area contributed by atoms with E-state index in [0.29, 0.717) is 75.1 Å². The topological polar surface area (TPSA) is 105 Å². The van der Waals surface area contributed by atoms with Crippen LogP contribution in [-0.2, 0) is 20.8 Å². The minimum atomic E-state index is -0.548. The predicted octanol–water partition coefficient (Wildman–Crippen LogP) is 4.30. The zero-order chi connectivity index (χ0) is 26.8. The average molecular weight is 563 g/mol. The van der Waals surface area contributed by atoms with E-state index in [4.69, 9.17) is 21.1 Å². The summed E-state index contributed by atoms with van der Waals surface area (Å²) >= 11 is 6.85. The number of nitro benzene ring substituents is 1. The smallest absolute Gasteiger partial charge is 0.293 e. The maximum Gasteiger partial charge on any atom is 0.293 e. The number of nitro groups is 1. The normalized spacial score (nSPS) is 19.5. The third-order valence-corrected chi connectivity index (χ3v) is 7.79. The molecule has 2 aromatic rings. The summed E-state index contributed by atoms with van der Waals surface area (Å²) in [6.07, 6.45) is 1.53. The maximum atomic E-state index is 13.4. The number of carbonyl (C=O) groups is 2. The van der Waals surface area contributed by atoms with E-state index in [1.807, 2.05) is 4.90 Å². The van der Waals surface area contributed by atoms with Crippen LogP contribution in [-0.4, -0.2) is 73.6 Å². The second-order valence-corrected chi connectivity index (χ2v) is 10.3. The molecule has 200 valence electrons. The molecule has 3 heterocycles. The molecule has 3 aliphatic heterocycles. The van der Waals surface area contributed by atoms with Crippen molar-refractivity contribution in [1.29, 1.82) is 0 Å². The average Bonchev–Trinajstić information content (AvgIpc) is 3.18. The van der Waals surface area contributed by atoms with Gasteiger partial charge in [0.2, 0.25) is 0 Å². The van der Waals surface area contributed by atoms with Crippen molar-refractivity contribution in [3.8, 4) is 0 Å². The molecule has 10 nitrogen and oxygen atoms in total. The van der Waals surface area contributed by atoms with Gasteiger partial charge in [-0.15, -0.1) is 0 Å². The van der Waals surface area contributed by atoms with E-state index < -0.39 is 21.9 Å². The van der Waals surface area contributed by atoms with E-state index in [2.05, 4.69) is 4.90 Å². The van der Waals surface area contributed by atoms with Crippen molar-refractivity contribution in [2.45, 2.75) is 6.54 Å². The highest BCUT2D eigenvalue weighted by molar-refractivity contribution is 8.18. The molecular formula is C25H24ClFN4O6S. The highest BCUT2D eigenvalue weighted by Gasteiger charge is 2.36. The van der Waals surface area contributed by atoms with Gasteiger partial charge in [-0.05, 0) is 41.6 Å². The van der Waals surface area contributed by atoms with Crippen molar-refractivity contribution in [2.24, 2.45) is 0 Å². The molecule has 0 aromatic heterocycles. The molecule has 3 fully saturated rings. The first-order valence-corrected chi connectivity index (χ1v) is 13.2. The van der Waals surface area contributed by atoms with Gasteiger partial charge in [-0.1, -0.05) is 17.7 Å². The third-order valence-electron chi connectivity index (χ3n) is 6.53. The van der Waals surface area contributed by atoms with Crippen molar-refractivity contribution in [1.82, 2.24) is 4.90 Å². The molecule has 0 aliphatic carbocycles. The number of amides is 2. The number of imide groups is 1. The van der Waals surface area contributed by atoms with Crippen molar-refractivity contribution >= 4 is 57.6 Å². The van der Waals surface area contributed by atoms with Gasteiger partial charge in [-0.2, -0.15) is 0 Å². The molecule has 2 amide bonds. The van der Waals surface area contributed by atoms with E-state index in [1.54, 1.807) is 6.07 Å². The summed E-state index contributed by atoms with van der Waals surface area (Å²) in [4.78, 5) is 42.8. The fourth-order valence-electron chi connectivity index (χ4n) is 4.58. The number of ether oxygens (including phenoxy) is 2. The van der Waals surface area contributed by atoms with Gasteiger partial charge in [0.25, 0.3) is 16.8 Å². The minimum Gasteiger partial charge on any atom is -0.378 e. The van der Waals surface area contributed by atoms with Gasteiger partial charge < -0.3 is 19.3 Å². The Labute approximate surface area is 227 Å². The highest BCUT2D eigenvalue weighted by Crippen LogP contribution is 2.40. The van der Waals surface area contributed by atoms with Crippen LogP contribution in [0.4, 0.5) is 26.2 Å². The SMILES string of the molecule is O=C1S/C(=C\c2cc([N+](=O)[O-])c(N3CCOCC3)cc2N2CCOCC2)C(=O)N1Cc1ccc(F)cc1Cl. The largest absolute Gasteiger partial charge is 0.378 e. The Morgan fingerprint density at radius 2 is 1.63 bits per heavy atom. The number of halogens is 2. The Bertz CT molecular complexity index is 1310. The molecule has 0 saturated carbocycles. The Hall–Kier alpha value is -3.19. The van der Waals surface area contributed by atoms with E-state index in [-0.39, 0.29) is 22.2 Å². The standard InChI is InChI=1S/C25H24ClFN4O6S/c26-19-13-18(27)2-1-16(19)15-30-24(32)23(38-25(30)33)12-17-11-22(31(34)35)21(29-5-9-37-10-6-29)14-20(17)28-3-7-36-8-4-28/h1-2,11-14H,3-10,15H2/b23-12-. The summed E-state index contributed by atoms with van der Waals surface area (Å²) in [5.41, 5.74) is 1.99. The lowest BCUT2D eigenvalue weighted by Crippen LogP contribution is -2.38. The van der Waals surface area contributed by atoms with Crippen LogP contribution >= 0.6 is 23.4 Å². The van der Waals surface area contributed by atoms with Crippen LogP contribution in [0.5, 0.6) is 0 Å². The van der Waals surface area contributed by atoms with Crippen molar-refractivity contribution in [3.05, 3.63) is 67.3 Å². The molecule has 3 aliphatic rings. The molecular weight excluding hydrogens is 539 g/mol. The molecule has 38 heavy (non-hydrogen) atoms. The minimum absolute atomic E-state index is 0.0903. The van der Waals surface area contributed by atoms with Gasteiger partial charge in [0, 0.05) is 48.5 Å². The number of anilines is 2. The second kappa shape index (κ2) is 11.3. The third kappa shape index (κ3) is 5.48. The first-order chi connectivity index (χ1) is 18.3. The van der Waals surface area contributed by atoms with Gasteiger partial charge >= 0.3 is 0 Å². The van der Waals surface area contributed by atoms with Crippen LogP contribution in [0, 0.1) is 15.9 Å². The molecule has 3 saturated heterocycles. The predicted molar refractivity (Wildman–Crippen MR) is 142 cm³/mol. The number of hydrogen-bond acceptors (Lipinski definition) is 9. The number of morpholine rings is 2. The van der Waals surface area contributed by atoms with Gasteiger partial charge in [-0.3, -0.25) is 24.6 Å². The summed E-state index contributed by atoms with van der Waals surface area (Å²) in [6, 6.07) is 6.99. The van der Waals surface area contributed by atoms with Crippen molar-refractivity contribution in [2.75, 3.05) is 62.4 Å². The molecule has 13 heteroatoms. The fraction of sp³-hybridized carbons (Fsp3) is 0.360. The summed E-state index contributed by atoms with van der Waals surface area (Å²) < 4.78 is 24.3. The highest BCUT2D eigenvalue weighted by atomic mass is 35.5. The Balaban J connectivity index is 1.52.